The summed E-state index contributed by atoms with van der Waals surface area (Å²) in [6.07, 6.45) is 2.74. The molecule has 84 valence electrons. The Hall–Kier alpha value is -1.07. The Kier molecular flexibility index (Phi) is 5.14. The SMILES string of the molecule is C=CCCOCCNc1snc(N)c1C. The molecule has 0 fully saturated rings. The fraction of sp³-hybridized carbons (Fsp3) is 0.500. The maximum absolute atomic E-state index is 5.63. The molecular weight excluding hydrogens is 210 g/mol. The summed E-state index contributed by atoms with van der Waals surface area (Å²) in [7, 11) is 0. The van der Waals surface area contributed by atoms with Gasteiger partial charge in [0.05, 0.1) is 13.2 Å². The normalized spacial score (nSPS) is 10.2. The molecule has 1 heterocycles. The van der Waals surface area contributed by atoms with Crippen molar-refractivity contribution in [2.24, 2.45) is 0 Å². The molecule has 0 aliphatic carbocycles. The van der Waals surface area contributed by atoms with Gasteiger partial charge in [-0.3, -0.25) is 0 Å². The van der Waals surface area contributed by atoms with Gasteiger partial charge < -0.3 is 15.8 Å². The molecule has 0 amide bonds. The first kappa shape index (κ1) is 12.0. The number of nitrogens with zero attached hydrogens (tertiary/aromatic N) is 1. The standard InChI is InChI=1S/C10H17N3OS/c1-3-4-6-14-7-5-12-10-8(2)9(11)13-15-10/h3,12H,1,4-7H2,2H3,(H2,11,13). The van der Waals surface area contributed by atoms with E-state index >= 15 is 0 Å². The molecule has 4 nitrogen and oxygen atoms in total. The Morgan fingerprint density at radius 2 is 2.40 bits per heavy atom. The molecule has 0 atom stereocenters. The summed E-state index contributed by atoms with van der Waals surface area (Å²) in [5.74, 6) is 0.607. The van der Waals surface area contributed by atoms with Crippen molar-refractivity contribution in [3.63, 3.8) is 0 Å². The highest BCUT2D eigenvalue weighted by atomic mass is 32.1. The van der Waals surface area contributed by atoms with Crippen LogP contribution in [0.15, 0.2) is 12.7 Å². The average Bonchev–Trinajstić information content (AvgIpc) is 2.54. The van der Waals surface area contributed by atoms with E-state index in [1.807, 2.05) is 13.0 Å². The van der Waals surface area contributed by atoms with Gasteiger partial charge in [0.25, 0.3) is 0 Å². The largest absolute Gasteiger partial charge is 0.383 e. The van der Waals surface area contributed by atoms with Crippen molar-refractivity contribution in [2.45, 2.75) is 13.3 Å². The Labute approximate surface area is 94.3 Å². The Balaban J connectivity index is 2.15. The van der Waals surface area contributed by atoms with Gasteiger partial charge in [0.15, 0.2) is 0 Å². The molecule has 0 bridgehead atoms. The predicted molar refractivity (Wildman–Crippen MR) is 65.4 cm³/mol. The third-order valence-electron chi connectivity index (χ3n) is 1.96. The molecule has 15 heavy (non-hydrogen) atoms. The van der Waals surface area contributed by atoms with Crippen LogP contribution in [0.25, 0.3) is 0 Å². The monoisotopic (exact) mass is 227 g/mol. The average molecular weight is 227 g/mol. The third kappa shape index (κ3) is 3.89. The minimum Gasteiger partial charge on any atom is -0.383 e. The molecule has 0 aliphatic heterocycles. The van der Waals surface area contributed by atoms with Crippen molar-refractivity contribution in [3.05, 3.63) is 18.2 Å². The molecule has 3 N–H and O–H groups in total. The van der Waals surface area contributed by atoms with Crippen molar-refractivity contribution in [3.8, 4) is 0 Å². The molecule has 0 aliphatic rings. The zero-order chi connectivity index (χ0) is 11.1. The fourth-order valence-electron chi connectivity index (χ4n) is 1.02. The highest BCUT2D eigenvalue weighted by Crippen LogP contribution is 2.24. The summed E-state index contributed by atoms with van der Waals surface area (Å²) >= 11 is 1.39. The Morgan fingerprint density at radius 3 is 3.00 bits per heavy atom. The highest BCUT2D eigenvalue weighted by molar-refractivity contribution is 7.10. The zero-order valence-electron chi connectivity index (χ0n) is 8.95. The number of nitrogens with two attached hydrogens (primary N) is 1. The second-order valence-corrected chi connectivity index (χ2v) is 3.91. The smallest absolute Gasteiger partial charge is 0.142 e. The van der Waals surface area contributed by atoms with Crippen molar-refractivity contribution in [2.75, 3.05) is 30.8 Å². The molecule has 0 unspecified atom stereocenters. The lowest BCUT2D eigenvalue weighted by atomic mass is 10.3. The molecule has 0 saturated heterocycles. The van der Waals surface area contributed by atoms with Crippen molar-refractivity contribution >= 4 is 22.4 Å². The van der Waals surface area contributed by atoms with Gasteiger partial charge >= 0.3 is 0 Å². The summed E-state index contributed by atoms with van der Waals surface area (Å²) in [6.45, 7) is 7.78. The molecule has 1 aromatic heterocycles. The predicted octanol–water partition coefficient (Wildman–Crippen LogP) is 2.04. The van der Waals surface area contributed by atoms with Crippen LogP contribution in [0.2, 0.25) is 0 Å². The van der Waals surface area contributed by atoms with Gasteiger partial charge in [-0.1, -0.05) is 6.08 Å². The van der Waals surface area contributed by atoms with Crippen LogP contribution in [0.4, 0.5) is 10.8 Å². The van der Waals surface area contributed by atoms with E-state index in [4.69, 9.17) is 10.5 Å². The fourth-order valence-corrected chi connectivity index (χ4v) is 1.75. The lowest BCUT2D eigenvalue weighted by molar-refractivity contribution is 0.149. The number of nitrogens with one attached hydrogen (secondary N) is 1. The Bertz CT molecular complexity index is 312. The molecule has 0 aromatic carbocycles. The molecule has 0 radical (unpaired) electrons. The maximum atomic E-state index is 5.63. The van der Waals surface area contributed by atoms with Gasteiger partial charge in [0.1, 0.15) is 10.8 Å². The van der Waals surface area contributed by atoms with Crippen LogP contribution in [0, 0.1) is 6.92 Å². The number of nitrogen functional groups attached to an aromatic ring is 1. The first-order valence-electron chi connectivity index (χ1n) is 4.90. The first-order chi connectivity index (χ1) is 7.25. The van der Waals surface area contributed by atoms with Crippen LogP contribution in [0.1, 0.15) is 12.0 Å². The van der Waals surface area contributed by atoms with Crippen molar-refractivity contribution in [1.29, 1.82) is 0 Å². The number of ether oxygens (including phenoxy) is 1. The van der Waals surface area contributed by atoms with Crippen LogP contribution in [0.5, 0.6) is 0 Å². The maximum Gasteiger partial charge on any atom is 0.142 e. The van der Waals surface area contributed by atoms with E-state index < -0.39 is 0 Å². The second-order valence-electron chi connectivity index (χ2n) is 3.14. The summed E-state index contributed by atoms with van der Waals surface area (Å²) in [5, 5.41) is 4.26. The van der Waals surface area contributed by atoms with Gasteiger partial charge in [-0.15, -0.1) is 6.58 Å². The van der Waals surface area contributed by atoms with Crippen LogP contribution in [0.3, 0.4) is 0 Å². The second kappa shape index (κ2) is 6.42. The quantitative estimate of drug-likeness (QED) is 0.553. The number of hydrogen-bond donors (Lipinski definition) is 2. The van der Waals surface area contributed by atoms with E-state index in [0.29, 0.717) is 12.4 Å². The van der Waals surface area contributed by atoms with Crippen molar-refractivity contribution < 1.29 is 4.74 Å². The van der Waals surface area contributed by atoms with E-state index in [1.54, 1.807) is 0 Å². The molecular formula is C10H17N3OS. The van der Waals surface area contributed by atoms with Crippen LogP contribution in [-0.2, 0) is 4.74 Å². The Morgan fingerprint density at radius 1 is 1.60 bits per heavy atom. The summed E-state index contributed by atoms with van der Waals surface area (Å²) < 4.78 is 9.41. The highest BCUT2D eigenvalue weighted by Gasteiger charge is 2.04. The molecule has 5 heteroatoms. The minimum absolute atomic E-state index is 0.607. The van der Waals surface area contributed by atoms with Gasteiger partial charge in [-0.2, -0.15) is 4.37 Å². The number of rotatable bonds is 7. The summed E-state index contributed by atoms with van der Waals surface area (Å²) in [4.78, 5) is 0. The third-order valence-corrected chi connectivity index (χ3v) is 2.88. The molecule has 0 saturated carbocycles. The number of hydrogen-bond acceptors (Lipinski definition) is 5. The first-order valence-corrected chi connectivity index (χ1v) is 5.67. The summed E-state index contributed by atoms with van der Waals surface area (Å²) in [5.41, 5.74) is 6.65. The van der Waals surface area contributed by atoms with Gasteiger partial charge in [0, 0.05) is 12.1 Å². The number of aromatic nitrogens is 1. The minimum atomic E-state index is 0.607. The van der Waals surface area contributed by atoms with E-state index in [0.717, 1.165) is 30.1 Å². The van der Waals surface area contributed by atoms with Gasteiger partial charge in [-0.05, 0) is 24.9 Å². The van der Waals surface area contributed by atoms with E-state index in [9.17, 15) is 0 Å². The topological polar surface area (TPSA) is 60.2 Å². The van der Waals surface area contributed by atoms with Crippen LogP contribution < -0.4 is 11.1 Å². The van der Waals surface area contributed by atoms with Crippen molar-refractivity contribution in [1.82, 2.24) is 4.37 Å². The van der Waals surface area contributed by atoms with E-state index in [1.165, 1.54) is 11.5 Å². The van der Waals surface area contributed by atoms with Gasteiger partial charge in [-0.25, -0.2) is 0 Å². The van der Waals surface area contributed by atoms with E-state index in [-0.39, 0.29) is 0 Å². The lowest BCUT2D eigenvalue weighted by Crippen LogP contribution is -2.09. The van der Waals surface area contributed by atoms with Crippen LogP contribution >= 0.6 is 11.5 Å². The van der Waals surface area contributed by atoms with Crippen LogP contribution in [-0.4, -0.2) is 24.1 Å². The molecule has 0 spiro atoms. The van der Waals surface area contributed by atoms with E-state index in [2.05, 4.69) is 16.3 Å². The number of anilines is 2. The lowest BCUT2D eigenvalue weighted by Gasteiger charge is -2.04. The summed E-state index contributed by atoms with van der Waals surface area (Å²) in [6, 6.07) is 0. The molecule has 1 aromatic rings. The molecule has 1 rings (SSSR count). The zero-order valence-corrected chi connectivity index (χ0v) is 9.77. The van der Waals surface area contributed by atoms with Gasteiger partial charge in [0.2, 0.25) is 0 Å².